The molecule has 0 spiro atoms. The molecule has 0 bridgehead atoms. The minimum Gasteiger partial charge on any atom is -0.346 e. The molecule has 0 radical (unpaired) electrons. The summed E-state index contributed by atoms with van der Waals surface area (Å²) in [7, 11) is -3.90. The van der Waals surface area contributed by atoms with E-state index in [1.165, 1.54) is 18.2 Å². The molecule has 5 nitrogen and oxygen atoms in total. The van der Waals surface area contributed by atoms with Gasteiger partial charge in [0.15, 0.2) is 0 Å². The van der Waals surface area contributed by atoms with Crippen molar-refractivity contribution in [1.82, 2.24) is 5.32 Å². The lowest BCUT2D eigenvalue weighted by atomic mass is 10.1. The molecule has 0 aliphatic carbocycles. The molecule has 0 saturated carbocycles. The van der Waals surface area contributed by atoms with Gasteiger partial charge in [-0.2, -0.15) is 0 Å². The van der Waals surface area contributed by atoms with Gasteiger partial charge < -0.3 is 5.32 Å². The van der Waals surface area contributed by atoms with E-state index in [1.807, 2.05) is 26.0 Å². The lowest BCUT2D eigenvalue weighted by Crippen LogP contribution is -2.27. The van der Waals surface area contributed by atoms with Crippen molar-refractivity contribution in [3.63, 3.8) is 0 Å². The van der Waals surface area contributed by atoms with Crippen LogP contribution in [0.3, 0.4) is 0 Å². The minimum atomic E-state index is -3.90. The van der Waals surface area contributed by atoms with Crippen LogP contribution in [0.15, 0.2) is 65.6 Å². The smallest absolute Gasteiger partial charge is 0.262 e. The summed E-state index contributed by atoms with van der Waals surface area (Å²) in [6.07, 6.45) is 0. The maximum Gasteiger partial charge on any atom is 0.262 e. The number of anilines is 1. The van der Waals surface area contributed by atoms with Gasteiger partial charge in [-0.15, -0.1) is 0 Å². The quantitative estimate of drug-likeness (QED) is 0.564. The summed E-state index contributed by atoms with van der Waals surface area (Å²) in [6, 6.07) is 15.6. The van der Waals surface area contributed by atoms with E-state index in [1.54, 1.807) is 44.2 Å². The Morgan fingerprint density at radius 2 is 1.55 bits per heavy atom. The predicted octanol–water partition coefficient (Wildman–Crippen LogP) is 5.04. The van der Waals surface area contributed by atoms with Gasteiger partial charge in [0.2, 0.25) is 0 Å². The molecule has 0 aromatic heterocycles. The molecule has 3 aromatic carbocycles. The average Bonchev–Trinajstić information content (AvgIpc) is 2.71. The van der Waals surface area contributed by atoms with E-state index in [9.17, 15) is 17.6 Å². The highest BCUT2D eigenvalue weighted by atomic mass is 32.2. The number of benzene rings is 3. The zero-order chi connectivity index (χ0) is 22.8. The van der Waals surface area contributed by atoms with Crippen molar-refractivity contribution in [2.24, 2.45) is 0 Å². The van der Waals surface area contributed by atoms with Crippen LogP contribution < -0.4 is 10.0 Å². The molecule has 3 aromatic rings. The summed E-state index contributed by atoms with van der Waals surface area (Å²) in [5.74, 6) is -0.771. The molecule has 31 heavy (non-hydrogen) atoms. The highest BCUT2D eigenvalue weighted by Gasteiger charge is 2.21. The monoisotopic (exact) mass is 440 g/mol. The third kappa shape index (κ3) is 5.30. The predicted molar refractivity (Wildman–Crippen MR) is 120 cm³/mol. The van der Waals surface area contributed by atoms with E-state index in [2.05, 4.69) is 10.0 Å². The van der Waals surface area contributed by atoms with Crippen LogP contribution in [-0.2, 0) is 10.0 Å². The zero-order valence-corrected chi connectivity index (χ0v) is 18.7. The van der Waals surface area contributed by atoms with Crippen LogP contribution in [0.25, 0.3) is 0 Å². The number of carbonyl (C=O) groups excluding carboxylic acids is 1. The van der Waals surface area contributed by atoms with Gasteiger partial charge in [0.25, 0.3) is 15.9 Å². The molecule has 0 aliphatic rings. The van der Waals surface area contributed by atoms with Gasteiger partial charge in [0.05, 0.1) is 16.6 Å². The SMILES string of the molecule is Cc1ccc(C)c(NS(=O)(=O)c2cc(C(=O)NC(C)c3ccc(F)cc3)ccc2C)c1. The second-order valence-electron chi connectivity index (χ2n) is 7.65. The maximum absolute atomic E-state index is 13.1. The van der Waals surface area contributed by atoms with Crippen molar-refractivity contribution >= 4 is 21.6 Å². The molecule has 0 fully saturated rings. The third-order valence-corrected chi connectivity index (χ3v) is 6.60. The molecule has 1 amide bonds. The Morgan fingerprint density at radius 3 is 2.23 bits per heavy atom. The number of amides is 1. The van der Waals surface area contributed by atoms with Gasteiger partial charge in [-0.1, -0.05) is 30.3 Å². The first-order valence-electron chi connectivity index (χ1n) is 9.84. The highest BCUT2D eigenvalue weighted by Crippen LogP contribution is 2.24. The fourth-order valence-corrected chi connectivity index (χ4v) is 4.58. The topological polar surface area (TPSA) is 75.3 Å². The molecule has 3 rings (SSSR count). The van der Waals surface area contributed by atoms with Crippen molar-refractivity contribution < 1.29 is 17.6 Å². The standard InChI is InChI=1S/C24H25FN2O3S/c1-15-5-6-16(2)22(13-15)27-31(29,30)23-14-20(8-7-17(23)3)24(28)26-18(4)19-9-11-21(25)12-10-19/h5-14,18,27H,1-4H3,(H,26,28). The van der Waals surface area contributed by atoms with E-state index in [4.69, 9.17) is 0 Å². The largest absolute Gasteiger partial charge is 0.346 e. The number of carbonyl (C=O) groups is 1. The van der Waals surface area contributed by atoms with Crippen molar-refractivity contribution in [2.45, 2.75) is 38.6 Å². The Labute approximate surface area is 182 Å². The number of sulfonamides is 1. The van der Waals surface area contributed by atoms with Crippen molar-refractivity contribution in [2.75, 3.05) is 4.72 Å². The maximum atomic E-state index is 13.1. The highest BCUT2D eigenvalue weighted by molar-refractivity contribution is 7.92. The Hall–Kier alpha value is -3.19. The minimum absolute atomic E-state index is 0.0375. The average molecular weight is 441 g/mol. The second kappa shape index (κ2) is 8.89. The number of rotatable bonds is 6. The van der Waals surface area contributed by atoms with Gasteiger partial charge in [-0.05, 0) is 80.3 Å². The van der Waals surface area contributed by atoms with E-state index in [0.29, 0.717) is 11.3 Å². The van der Waals surface area contributed by atoms with Crippen LogP contribution in [0.2, 0.25) is 0 Å². The molecule has 0 saturated heterocycles. The van der Waals surface area contributed by atoms with Crippen LogP contribution in [0, 0.1) is 26.6 Å². The molecule has 7 heteroatoms. The van der Waals surface area contributed by atoms with Crippen LogP contribution >= 0.6 is 0 Å². The Balaban J connectivity index is 1.85. The van der Waals surface area contributed by atoms with Crippen LogP contribution in [0.4, 0.5) is 10.1 Å². The van der Waals surface area contributed by atoms with Crippen LogP contribution in [-0.4, -0.2) is 14.3 Å². The van der Waals surface area contributed by atoms with Gasteiger partial charge in [0.1, 0.15) is 5.82 Å². The van der Waals surface area contributed by atoms with Gasteiger partial charge in [-0.25, -0.2) is 12.8 Å². The summed E-state index contributed by atoms with van der Waals surface area (Å²) in [6.45, 7) is 7.17. The molecule has 0 heterocycles. The lowest BCUT2D eigenvalue weighted by molar-refractivity contribution is 0.0939. The fraction of sp³-hybridized carbons (Fsp3) is 0.208. The molecule has 1 unspecified atom stereocenters. The molecule has 1 atom stereocenters. The molecule has 162 valence electrons. The number of halogens is 1. The summed E-state index contributed by atoms with van der Waals surface area (Å²) in [4.78, 5) is 12.8. The van der Waals surface area contributed by atoms with Gasteiger partial charge in [0, 0.05) is 5.56 Å². The zero-order valence-electron chi connectivity index (χ0n) is 17.9. The number of nitrogens with one attached hydrogen (secondary N) is 2. The number of hydrogen-bond acceptors (Lipinski definition) is 3. The summed E-state index contributed by atoms with van der Waals surface area (Å²) < 4.78 is 41.9. The van der Waals surface area contributed by atoms with Crippen LogP contribution in [0.5, 0.6) is 0 Å². The van der Waals surface area contributed by atoms with Crippen molar-refractivity contribution in [3.05, 3.63) is 94.3 Å². The molecule has 2 N–H and O–H groups in total. The summed E-state index contributed by atoms with van der Waals surface area (Å²) in [5, 5.41) is 2.82. The molecule has 0 aliphatic heterocycles. The van der Waals surface area contributed by atoms with Crippen molar-refractivity contribution in [1.29, 1.82) is 0 Å². The van der Waals surface area contributed by atoms with E-state index >= 15 is 0 Å². The molecular weight excluding hydrogens is 415 g/mol. The fourth-order valence-electron chi connectivity index (χ4n) is 3.19. The van der Waals surface area contributed by atoms with Gasteiger partial charge >= 0.3 is 0 Å². The van der Waals surface area contributed by atoms with E-state index < -0.39 is 15.9 Å². The summed E-state index contributed by atoms with van der Waals surface area (Å²) >= 11 is 0. The first-order valence-corrected chi connectivity index (χ1v) is 11.3. The second-order valence-corrected chi connectivity index (χ2v) is 9.30. The van der Waals surface area contributed by atoms with Gasteiger partial charge in [-0.3, -0.25) is 9.52 Å². The first-order chi connectivity index (χ1) is 14.6. The van der Waals surface area contributed by atoms with Crippen molar-refractivity contribution in [3.8, 4) is 0 Å². The van der Waals surface area contributed by atoms with Crippen LogP contribution in [0.1, 0.15) is 45.6 Å². The summed E-state index contributed by atoms with van der Waals surface area (Å²) in [5.41, 5.74) is 3.73. The van der Waals surface area contributed by atoms with E-state index in [0.717, 1.165) is 16.7 Å². The Morgan fingerprint density at radius 1 is 0.903 bits per heavy atom. The third-order valence-electron chi connectivity index (χ3n) is 5.09. The first kappa shape index (κ1) is 22.5. The Kier molecular flexibility index (Phi) is 6.45. The number of hydrogen-bond donors (Lipinski definition) is 2. The lowest BCUT2D eigenvalue weighted by Gasteiger charge is -2.16. The molecular formula is C24H25FN2O3S. The normalized spacial score (nSPS) is 12.3. The van der Waals surface area contributed by atoms with E-state index in [-0.39, 0.29) is 22.3 Å². The Bertz CT molecular complexity index is 1220. The number of aryl methyl sites for hydroxylation is 3.